The molecule has 0 aliphatic heterocycles. The van der Waals surface area contributed by atoms with Gasteiger partial charge in [-0.25, -0.2) is 0 Å². The highest BCUT2D eigenvalue weighted by molar-refractivity contribution is 5.92. The van der Waals surface area contributed by atoms with E-state index in [0.717, 1.165) is 6.42 Å². The minimum Gasteiger partial charge on any atom is -0.327 e. The molecule has 6 nitrogen and oxygen atoms in total. The minimum atomic E-state index is -0.462. The van der Waals surface area contributed by atoms with E-state index in [1.165, 1.54) is 6.07 Å². The van der Waals surface area contributed by atoms with Crippen molar-refractivity contribution >= 4 is 17.3 Å². The van der Waals surface area contributed by atoms with E-state index in [2.05, 4.69) is 26.1 Å². The second-order valence-corrected chi connectivity index (χ2v) is 6.48. The smallest absolute Gasteiger partial charge is 0.274 e. The highest BCUT2D eigenvalue weighted by Crippen LogP contribution is 2.25. The lowest BCUT2D eigenvalue weighted by atomic mass is 9.87. The van der Waals surface area contributed by atoms with E-state index in [9.17, 15) is 14.9 Å². The lowest BCUT2D eigenvalue weighted by Crippen LogP contribution is -2.31. The van der Waals surface area contributed by atoms with Gasteiger partial charge in [0.25, 0.3) is 5.69 Å². The van der Waals surface area contributed by atoms with Crippen LogP contribution in [0.5, 0.6) is 0 Å². The number of nitro groups is 1. The fraction of sp³-hybridized carbons (Fsp3) is 0.533. The first-order valence-electron chi connectivity index (χ1n) is 6.89. The molecule has 0 saturated carbocycles. The van der Waals surface area contributed by atoms with Crippen LogP contribution >= 0.6 is 0 Å². The summed E-state index contributed by atoms with van der Waals surface area (Å²) in [5, 5.41) is 13.6. The molecule has 116 valence electrons. The van der Waals surface area contributed by atoms with Crippen molar-refractivity contribution in [3.8, 4) is 0 Å². The standard InChI is InChI=1S/C15H23N3O3/c1-10-12(6-5-7-13(10)18(20)21)17-14(19)8-11(16)9-15(2,3)4/h5-7,11H,8-9,16H2,1-4H3,(H,17,19). The lowest BCUT2D eigenvalue weighted by Gasteiger charge is -2.22. The number of rotatable bonds is 5. The maximum absolute atomic E-state index is 12.0. The lowest BCUT2D eigenvalue weighted by molar-refractivity contribution is -0.385. The number of nitro benzene ring substituents is 1. The van der Waals surface area contributed by atoms with Crippen molar-refractivity contribution in [2.24, 2.45) is 11.1 Å². The van der Waals surface area contributed by atoms with Crippen molar-refractivity contribution in [1.29, 1.82) is 0 Å². The molecule has 0 aliphatic carbocycles. The van der Waals surface area contributed by atoms with Crippen molar-refractivity contribution in [1.82, 2.24) is 0 Å². The SMILES string of the molecule is Cc1c(NC(=O)CC(N)CC(C)(C)C)cccc1[N+](=O)[O-]. The molecule has 1 atom stereocenters. The number of amides is 1. The molecule has 21 heavy (non-hydrogen) atoms. The van der Waals surface area contributed by atoms with Crippen LogP contribution in [0.15, 0.2) is 18.2 Å². The summed E-state index contributed by atoms with van der Waals surface area (Å²) in [6.45, 7) is 7.81. The molecule has 1 aromatic rings. The van der Waals surface area contributed by atoms with Gasteiger partial charge in [0.2, 0.25) is 5.91 Å². The Morgan fingerprint density at radius 3 is 2.57 bits per heavy atom. The van der Waals surface area contributed by atoms with Crippen LogP contribution in [0.2, 0.25) is 0 Å². The predicted octanol–water partition coefficient (Wildman–Crippen LogP) is 3.00. The summed E-state index contributed by atoms with van der Waals surface area (Å²) in [6, 6.07) is 4.38. The Bertz CT molecular complexity index is 535. The largest absolute Gasteiger partial charge is 0.327 e. The quantitative estimate of drug-likeness (QED) is 0.644. The van der Waals surface area contributed by atoms with Crippen LogP contribution in [-0.2, 0) is 4.79 Å². The third-order valence-corrected chi connectivity index (χ3v) is 3.10. The van der Waals surface area contributed by atoms with Gasteiger partial charge >= 0.3 is 0 Å². The van der Waals surface area contributed by atoms with E-state index in [0.29, 0.717) is 11.3 Å². The summed E-state index contributed by atoms with van der Waals surface area (Å²) < 4.78 is 0. The minimum absolute atomic E-state index is 0.00760. The number of carbonyl (C=O) groups excluding carboxylic acids is 1. The van der Waals surface area contributed by atoms with Crippen LogP contribution < -0.4 is 11.1 Å². The Hall–Kier alpha value is -1.95. The van der Waals surface area contributed by atoms with Crippen molar-refractivity contribution in [3.05, 3.63) is 33.9 Å². The Balaban J connectivity index is 2.72. The third-order valence-electron chi connectivity index (χ3n) is 3.10. The van der Waals surface area contributed by atoms with Gasteiger partial charge in [-0.3, -0.25) is 14.9 Å². The van der Waals surface area contributed by atoms with E-state index >= 15 is 0 Å². The van der Waals surface area contributed by atoms with Crippen LogP contribution in [0.1, 0.15) is 39.2 Å². The summed E-state index contributed by atoms with van der Waals surface area (Å²) in [5.74, 6) is -0.227. The molecule has 1 aromatic carbocycles. The average molecular weight is 293 g/mol. The molecule has 0 aliphatic rings. The summed E-state index contributed by atoms with van der Waals surface area (Å²) in [4.78, 5) is 22.4. The van der Waals surface area contributed by atoms with Gasteiger partial charge in [-0.05, 0) is 24.8 Å². The highest BCUT2D eigenvalue weighted by Gasteiger charge is 2.19. The Morgan fingerprint density at radius 1 is 1.43 bits per heavy atom. The zero-order chi connectivity index (χ0) is 16.2. The molecule has 0 spiro atoms. The molecule has 1 amide bonds. The van der Waals surface area contributed by atoms with E-state index < -0.39 is 4.92 Å². The first-order valence-corrected chi connectivity index (χ1v) is 6.89. The molecule has 0 saturated heterocycles. The number of hydrogen-bond donors (Lipinski definition) is 2. The number of nitrogens with two attached hydrogens (primary N) is 1. The van der Waals surface area contributed by atoms with Gasteiger partial charge in [0.05, 0.1) is 16.2 Å². The normalized spacial score (nSPS) is 12.8. The van der Waals surface area contributed by atoms with Crippen molar-refractivity contribution in [2.75, 3.05) is 5.32 Å². The molecule has 3 N–H and O–H groups in total. The molecule has 1 rings (SSSR count). The molecule has 6 heteroatoms. The topological polar surface area (TPSA) is 98.3 Å². The molecule has 1 unspecified atom stereocenters. The van der Waals surface area contributed by atoms with E-state index in [1.54, 1.807) is 19.1 Å². The van der Waals surface area contributed by atoms with Crippen molar-refractivity contribution in [2.45, 2.75) is 46.6 Å². The zero-order valence-electron chi connectivity index (χ0n) is 13.0. The molecular formula is C15H23N3O3. The van der Waals surface area contributed by atoms with Gasteiger partial charge in [0, 0.05) is 18.5 Å². The van der Waals surface area contributed by atoms with Crippen LogP contribution in [0.3, 0.4) is 0 Å². The monoisotopic (exact) mass is 293 g/mol. The van der Waals surface area contributed by atoms with Gasteiger partial charge < -0.3 is 11.1 Å². The van der Waals surface area contributed by atoms with Gasteiger partial charge in [-0.2, -0.15) is 0 Å². The summed E-state index contributed by atoms with van der Waals surface area (Å²) >= 11 is 0. The van der Waals surface area contributed by atoms with Gasteiger partial charge in [-0.15, -0.1) is 0 Å². The summed E-state index contributed by atoms with van der Waals surface area (Å²) in [6.07, 6.45) is 0.924. The fourth-order valence-electron chi connectivity index (χ4n) is 2.25. The predicted molar refractivity (Wildman–Crippen MR) is 83.1 cm³/mol. The number of nitrogens with one attached hydrogen (secondary N) is 1. The van der Waals surface area contributed by atoms with Crippen LogP contribution in [0.4, 0.5) is 11.4 Å². The number of hydrogen-bond acceptors (Lipinski definition) is 4. The van der Waals surface area contributed by atoms with Gasteiger partial charge in [-0.1, -0.05) is 26.8 Å². The number of benzene rings is 1. The third kappa shape index (κ3) is 5.51. The molecule has 0 aromatic heterocycles. The zero-order valence-corrected chi connectivity index (χ0v) is 13.0. The van der Waals surface area contributed by atoms with Gasteiger partial charge in [0.1, 0.15) is 0 Å². The second-order valence-electron chi connectivity index (χ2n) is 6.48. The van der Waals surface area contributed by atoms with Gasteiger partial charge in [0.15, 0.2) is 0 Å². The second kappa shape index (κ2) is 6.67. The van der Waals surface area contributed by atoms with Crippen LogP contribution in [-0.4, -0.2) is 16.9 Å². The Morgan fingerprint density at radius 2 is 2.05 bits per heavy atom. The van der Waals surface area contributed by atoms with Crippen LogP contribution in [0.25, 0.3) is 0 Å². The summed E-state index contributed by atoms with van der Waals surface area (Å²) in [5.41, 5.74) is 6.91. The maximum Gasteiger partial charge on any atom is 0.274 e. The molecule has 0 fully saturated rings. The average Bonchev–Trinajstić information content (AvgIpc) is 2.28. The molecular weight excluding hydrogens is 270 g/mol. The maximum atomic E-state index is 12.0. The first-order chi connectivity index (χ1) is 9.60. The Labute approximate surface area is 124 Å². The Kier molecular flexibility index (Phi) is 5.43. The van der Waals surface area contributed by atoms with Crippen molar-refractivity contribution in [3.63, 3.8) is 0 Å². The molecule has 0 bridgehead atoms. The van der Waals surface area contributed by atoms with Crippen LogP contribution in [0, 0.1) is 22.5 Å². The number of carbonyl (C=O) groups is 1. The van der Waals surface area contributed by atoms with E-state index in [4.69, 9.17) is 5.73 Å². The fourth-order valence-corrected chi connectivity index (χ4v) is 2.25. The van der Waals surface area contributed by atoms with Crippen molar-refractivity contribution < 1.29 is 9.72 Å². The number of anilines is 1. The molecule has 0 heterocycles. The first kappa shape index (κ1) is 17.1. The summed E-state index contributed by atoms with van der Waals surface area (Å²) in [7, 11) is 0. The van der Waals surface area contributed by atoms with E-state index in [-0.39, 0.29) is 29.5 Å². The van der Waals surface area contributed by atoms with E-state index in [1.807, 2.05) is 0 Å². The highest BCUT2D eigenvalue weighted by atomic mass is 16.6. The number of nitrogens with zero attached hydrogens (tertiary/aromatic N) is 1. The molecule has 0 radical (unpaired) electrons.